The molecule has 0 amide bonds. The van der Waals surface area contributed by atoms with E-state index in [1.54, 1.807) is 6.07 Å². The second-order valence-electron chi connectivity index (χ2n) is 3.73. The van der Waals surface area contributed by atoms with E-state index in [4.69, 9.17) is 11.6 Å². The highest BCUT2D eigenvalue weighted by Gasteiger charge is 2.24. The molecule has 0 aromatic heterocycles. The molecule has 0 radical (unpaired) electrons. The second kappa shape index (κ2) is 5.27. The van der Waals surface area contributed by atoms with Crippen molar-refractivity contribution in [3.05, 3.63) is 71.3 Å². The highest BCUT2D eigenvalue weighted by atomic mass is 35.5. The average Bonchev–Trinajstić information content (AvgIpc) is 2.38. The maximum Gasteiger partial charge on any atom is 0.188 e. The van der Waals surface area contributed by atoms with Crippen LogP contribution < -0.4 is 0 Å². The number of hydrogen-bond acceptors (Lipinski definition) is 1. The van der Waals surface area contributed by atoms with Crippen LogP contribution in [0.1, 0.15) is 21.3 Å². The lowest BCUT2D eigenvalue weighted by molar-refractivity contribution is 0.0982. The topological polar surface area (TPSA) is 17.1 Å². The zero-order valence-electron chi connectivity index (χ0n) is 9.24. The summed E-state index contributed by atoms with van der Waals surface area (Å²) in [5.41, 5.74) is -0.0897. The van der Waals surface area contributed by atoms with Crippen molar-refractivity contribution in [1.82, 2.24) is 0 Å². The van der Waals surface area contributed by atoms with Crippen LogP contribution >= 0.6 is 11.6 Å². The van der Waals surface area contributed by atoms with Crippen LogP contribution in [0.2, 0.25) is 0 Å². The van der Waals surface area contributed by atoms with Crippen LogP contribution in [0.15, 0.2) is 48.5 Å². The van der Waals surface area contributed by atoms with Crippen molar-refractivity contribution in [3.63, 3.8) is 0 Å². The van der Waals surface area contributed by atoms with Crippen molar-refractivity contribution >= 4 is 17.4 Å². The molecule has 2 rings (SSSR count). The fraction of sp³-hybridized carbons (Fsp3) is 0.0714. The summed E-state index contributed by atoms with van der Waals surface area (Å²) in [4.78, 5) is 12.0. The number of benzene rings is 2. The standard InChI is InChI=1S/C14H9ClF2O/c15-13(9-5-1-3-7-11(9)16)14(18)10-6-2-4-8-12(10)17/h1-8,13H. The van der Waals surface area contributed by atoms with E-state index in [1.807, 2.05) is 0 Å². The minimum atomic E-state index is -1.23. The van der Waals surface area contributed by atoms with Gasteiger partial charge < -0.3 is 0 Å². The lowest BCUT2D eigenvalue weighted by Crippen LogP contribution is -2.10. The Morgan fingerprint density at radius 2 is 1.50 bits per heavy atom. The number of ketones is 1. The normalized spacial score (nSPS) is 12.2. The number of halogens is 3. The Morgan fingerprint density at radius 1 is 0.944 bits per heavy atom. The molecule has 0 fully saturated rings. The Labute approximate surface area is 108 Å². The van der Waals surface area contributed by atoms with E-state index >= 15 is 0 Å². The van der Waals surface area contributed by atoms with Gasteiger partial charge in [0.15, 0.2) is 5.78 Å². The van der Waals surface area contributed by atoms with Crippen molar-refractivity contribution < 1.29 is 13.6 Å². The van der Waals surface area contributed by atoms with E-state index in [1.165, 1.54) is 36.4 Å². The Bertz CT molecular complexity index is 584. The molecule has 2 aromatic rings. The van der Waals surface area contributed by atoms with Gasteiger partial charge in [-0.2, -0.15) is 0 Å². The van der Waals surface area contributed by atoms with Gasteiger partial charge in [-0.3, -0.25) is 4.79 Å². The summed E-state index contributed by atoms with van der Waals surface area (Å²) in [7, 11) is 0. The molecule has 0 N–H and O–H groups in total. The van der Waals surface area contributed by atoms with Crippen LogP contribution in [0.25, 0.3) is 0 Å². The second-order valence-corrected chi connectivity index (χ2v) is 4.16. The molecule has 0 bridgehead atoms. The Balaban J connectivity index is 2.36. The van der Waals surface area contributed by atoms with Crippen LogP contribution in [0, 0.1) is 11.6 Å². The number of rotatable bonds is 3. The fourth-order valence-electron chi connectivity index (χ4n) is 1.62. The van der Waals surface area contributed by atoms with Crippen LogP contribution in [0.3, 0.4) is 0 Å². The molecule has 1 atom stereocenters. The Hall–Kier alpha value is -1.74. The predicted molar refractivity (Wildman–Crippen MR) is 65.7 cm³/mol. The van der Waals surface area contributed by atoms with Gasteiger partial charge in [0.2, 0.25) is 0 Å². The third-order valence-corrected chi connectivity index (χ3v) is 2.98. The van der Waals surface area contributed by atoms with Gasteiger partial charge in [0.1, 0.15) is 17.0 Å². The van der Waals surface area contributed by atoms with E-state index in [0.717, 1.165) is 6.07 Å². The first-order valence-electron chi connectivity index (χ1n) is 5.28. The average molecular weight is 267 g/mol. The number of carbonyl (C=O) groups excluding carboxylic acids is 1. The number of hydrogen-bond donors (Lipinski definition) is 0. The highest BCUT2D eigenvalue weighted by molar-refractivity contribution is 6.33. The summed E-state index contributed by atoms with van der Waals surface area (Å²) >= 11 is 5.91. The Kier molecular flexibility index (Phi) is 3.72. The van der Waals surface area contributed by atoms with Gasteiger partial charge in [-0.15, -0.1) is 11.6 Å². The van der Waals surface area contributed by atoms with Crippen molar-refractivity contribution in [2.75, 3.05) is 0 Å². The van der Waals surface area contributed by atoms with Crippen LogP contribution in [-0.2, 0) is 0 Å². The van der Waals surface area contributed by atoms with Crippen molar-refractivity contribution in [3.8, 4) is 0 Å². The van der Waals surface area contributed by atoms with Gasteiger partial charge in [-0.1, -0.05) is 30.3 Å². The van der Waals surface area contributed by atoms with Gasteiger partial charge in [-0.25, -0.2) is 8.78 Å². The molecular weight excluding hydrogens is 258 g/mol. The quantitative estimate of drug-likeness (QED) is 0.603. The molecule has 0 aliphatic heterocycles. The molecule has 0 heterocycles. The van der Waals surface area contributed by atoms with Crippen LogP contribution in [-0.4, -0.2) is 5.78 Å². The molecule has 18 heavy (non-hydrogen) atoms. The molecule has 4 heteroatoms. The first-order valence-corrected chi connectivity index (χ1v) is 5.72. The number of alkyl halides is 1. The zero-order chi connectivity index (χ0) is 13.1. The molecule has 0 aliphatic carbocycles. The maximum absolute atomic E-state index is 13.5. The summed E-state index contributed by atoms with van der Waals surface area (Å²) in [6.07, 6.45) is 0. The lowest BCUT2D eigenvalue weighted by Gasteiger charge is -2.10. The van der Waals surface area contributed by atoms with E-state index in [2.05, 4.69) is 0 Å². The molecule has 92 valence electrons. The minimum absolute atomic E-state index is 0.0485. The number of carbonyl (C=O) groups is 1. The third kappa shape index (κ3) is 2.41. The van der Waals surface area contributed by atoms with E-state index < -0.39 is 22.8 Å². The summed E-state index contributed by atoms with van der Waals surface area (Å²) < 4.78 is 26.9. The largest absolute Gasteiger partial charge is 0.292 e. The van der Waals surface area contributed by atoms with E-state index in [9.17, 15) is 13.6 Å². The summed E-state index contributed by atoms with van der Waals surface area (Å²) in [6, 6.07) is 11.2. The van der Waals surface area contributed by atoms with Crippen molar-refractivity contribution in [2.45, 2.75) is 5.38 Å². The minimum Gasteiger partial charge on any atom is -0.292 e. The molecule has 0 aliphatic rings. The van der Waals surface area contributed by atoms with Crippen LogP contribution in [0.5, 0.6) is 0 Å². The van der Waals surface area contributed by atoms with Gasteiger partial charge in [0.25, 0.3) is 0 Å². The third-order valence-electron chi connectivity index (χ3n) is 2.55. The molecule has 1 unspecified atom stereocenters. The molecular formula is C14H9ClF2O. The zero-order valence-corrected chi connectivity index (χ0v) is 9.99. The first kappa shape index (κ1) is 12.7. The smallest absolute Gasteiger partial charge is 0.188 e. The lowest BCUT2D eigenvalue weighted by atomic mass is 10.0. The number of Topliss-reactive ketones (excluding diaryl/α,β-unsaturated/α-hetero) is 1. The maximum atomic E-state index is 13.5. The predicted octanol–water partition coefficient (Wildman–Crippen LogP) is 4.13. The summed E-state index contributed by atoms with van der Waals surface area (Å²) in [5.74, 6) is -1.90. The van der Waals surface area contributed by atoms with Gasteiger partial charge >= 0.3 is 0 Å². The molecule has 1 nitrogen and oxygen atoms in total. The summed E-state index contributed by atoms with van der Waals surface area (Å²) in [5, 5.41) is -1.23. The molecule has 0 saturated heterocycles. The van der Waals surface area contributed by atoms with Crippen molar-refractivity contribution in [1.29, 1.82) is 0 Å². The molecule has 0 spiro atoms. The van der Waals surface area contributed by atoms with E-state index in [0.29, 0.717) is 0 Å². The SMILES string of the molecule is O=C(c1ccccc1F)C(Cl)c1ccccc1F. The molecule has 0 saturated carbocycles. The fourth-order valence-corrected chi connectivity index (χ4v) is 1.91. The van der Waals surface area contributed by atoms with Crippen molar-refractivity contribution in [2.24, 2.45) is 0 Å². The molecule has 2 aromatic carbocycles. The Morgan fingerprint density at radius 3 is 2.11 bits per heavy atom. The highest BCUT2D eigenvalue weighted by Crippen LogP contribution is 2.27. The first-order chi connectivity index (χ1) is 8.61. The van der Waals surface area contributed by atoms with E-state index in [-0.39, 0.29) is 11.1 Å². The van der Waals surface area contributed by atoms with Crippen LogP contribution in [0.4, 0.5) is 8.78 Å². The monoisotopic (exact) mass is 266 g/mol. The summed E-state index contributed by atoms with van der Waals surface area (Å²) in [6.45, 7) is 0. The van der Waals surface area contributed by atoms with Gasteiger partial charge in [0.05, 0.1) is 5.56 Å². The van der Waals surface area contributed by atoms with Gasteiger partial charge in [0, 0.05) is 5.56 Å². The van der Waals surface area contributed by atoms with Gasteiger partial charge in [-0.05, 0) is 18.2 Å².